The van der Waals surface area contributed by atoms with Crippen molar-refractivity contribution in [3.05, 3.63) is 11.6 Å². The zero-order valence-corrected chi connectivity index (χ0v) is 20.0. The van der Waals surface area contributed by atoms with Gasteiger partial charge in [0, 0.05) is 18.3 Å². The van der Waals surface area contributed by atoms with Gasteiger partial charge in [-0.15, -0.1) is 0 Å². The van der Waals surface area contributed by atoms with E-state index in [1.165, 1.54) is 63.4 Å². The molecule has 0 aromatic rings. The van der Waals surface area contributed by atoms with E-state index in [0.717, 1.165) is 50.4 Å². The summed E-state index contributed by atoms with van der Waals surface area (Å²) in [5, 5.41) is 0. The van der Waals surface area contributed by atoms with Crippen LogP contribution in [0.4, 0.5) is 0 Å². The van der Waals surface area contributed by atoms with Crippen molar-refractivity contribution in [1.29, 1.82) is 0 Å². The molecule has 0 spiro atoms. The highest BCUT2D eigenvalue weighted by molar-refractivity contribution is 5.91. The van der Waals surface area contributed by atoms with Crippen LogP contribution < -0.4 is 0 Å². The van der Waals surface area contributed by atoms with E-state index < -0.39 is 0 Å². The Morgan fingerprint density at radius 2 is 1.74 bits per heavy atom. The van der Waals surface area contributed by atoms with E-state index >= 15 is 0 Å². The van der Waals surface area contributed by atoms with Gasteiger partial charge in [-0.3, -0.25) is 9.59 Å². The molecule has 31 heavy (non-hydrogen) atoms. The van der Waals surface area contributed by atoms with E-state index in [1.807, 2.05) is 6.08 Å². The van der Waals surface area contributed by atoms with Crippen LogP contribution in [0, 0.1) is 29.1 Å². The number of rotatable bonds is 9. The third-order valence-corrected chi connectivity index (χ3v) is 9.47. The van der Waals surface area contributed by atoms with Gasteiger partial charge < -0.3 is 4.74 Å². The van der Waals surface area contributed by atoms with Crippen LogP contribution in [0.1, 0.15) is 117 Å². The Balaban J connectivity index is 1.27. The summed E-state index contributed by atoms with van der Waals surface area (Å²) >= 11 is 0. The monoisotopic (exact) mass is 428 g/mol. The lowest BCUT2D eigenvalue weighted by Gasteiger charge is -2.53. The molecule has 0 heterocycles. The summed E-state index contributed by atoms with van der Waals surface area (Å²) in [7, 11) is 0. The third kappa shape index (κ3) is 4.96. The maximum absolute atomic E-state index is 12.6. The summed E-state index contributed by atoms with van der Waals surface area (Å²) in [4.78, 5) is 24.5. The second kappa shape index (κ2) is 10.2. The Hall–Kier alpha value is -1.12. The highest BCUT2D eigenvalue weighted by Gasteiger charge is 2.57. The van der Waals surface area contributed by atoms with Crippen LogP contribution in [0.2, 0.25) is 0 Å². The highest BCUT2D eigenvalue weighted by Crippen LogP contribution is 2.62. The fourth-order valence-electron chi connectivity index (χ4n) is 7.77. The minimum Gasteiger partial charge on any atom is -0.462 e. The molecular weight excluding hydrogens is 384 g/mol. The van der Waals surface area contributed by atoms with Crippen molar-refractivity contribution < 1.29 is 14.3 Å². The van der Waals surface area contributed by atoms with Gasteiger partial charge in [-0.2, -0.15) is 0 Å². The Labute approximate surface area is 189 Å². The first-order chi connectivity index (χ1) is 15.0. The minimum absolute atomic E-state index is 0.0437. The zero-order valence-electron chi connectivity index (χ0n) is 20.0. The first kappa shape index (κ1) is 23.1. The van der Waals surface area contributed by atoms with Gasteiger partial charge in [-0.05, 0) is 81.1 Å². The van der Waals surface area contributed by atoms with Gasteiger partial charge in [0.05, 0.1) is 0 Å². The molecule has 0 radical (unpaired) electrons. The number of ketones is 1. The summed E-state index contributed by atoms with van der Waals surface area (Å²) < 4.78 is 6.13. The van der Waals surface area contributed by atoms with Crippen molar-refractivity contribution in [2.24, 2.45) is 29.1 Å². The summed E-state index contributed by atoms with van der Waals surface area (Å²) in [6.07, 6.45) is 20.3. The largest absolute Gasteiger partial charge is 0.462 e. The molecule has 3 saturated carbocycles. The number of fused-ring (bicyclic) bond motifs is 5. The molecule has 0 aliphatic heterocycles. The summed E-state index contributed by atoms with van der Waals surface area (Å²) in [6.45, 7) is 4.67. The molecule has 0 aromatic carbocycles. The number of ether oxygens (including phenoxy) is 1. The van der Waals surface area contributed by atoms with Crippen molar-refractivity contribution in [2.75, 3.05) is 0 Å². The topological polar surface area (TPSA) is 43.4 Å². The number of hydrogen-bond donors (Lipinski definition) is 0. The Morgan fingerprint density at radius 3 is 2.55 bits per heavy atom. The van der Waals surface area contributed by atoms with Gasteiger partial charge in [-0.1, -0.05) is 57.9 Å². The fraction of sp³-hybridized carbons (Fsp3) is 0.857. The predicted octanol–water partition coefficient (Wildman–Crippen LogP) is 7.18. The predicted molar refractivity (Wildman–Crippen MR) is 125 cm³/mol. The molecule has 3 fully saturated rings. The van der Waals surface area contributed by atoms with Crippen LogP contribution in [0.3, 0.4) is 0 Å². The summed E-state index contributed by atoms with van der Waals surface area (Å²) in [5.41, 5.74) is 1.62. The molecule has 4 aliphatic carbocycles. The second-order valence-corrected chi connectivity index (χ2v) is 11.3. The van der Waals surface area contributed by atoms with Crippen LogP contribution in [0.15, 0.2) is 11.6 Å². The molecule has 174 valence electrons. The molecule has 0 N–H and O–H groups in total. The lowest BCUT2D eigenvalue weighted by atomic mass is 9.52. The van der Waals surface area contributed by atoms with Crippen molar-refractivity contribution in [2.45, 2.75) is 123 Å². The highest BCUT2D eigenvalue weighted by atomic mass is 16.5. The average Bonchev–Trinajstić information content (AvgIpc) is 3.09. The summed E-state index contributed by atoms with van der Waals surface area (Å²) in [6, 6.07) is 0. The summed E-state index contributed by atoms with van der Waals surface area (Å²) in [5.74, 6) is 3.26. The molecule has 0 aromatic heterocycles. The number of unbranched alkanes of at least 4 members (excludes halogenated alkanes) is 6. The van der Waals surface area contributed by atoms with Crippen LogP contribution in [0.25, 0.3) is 0 Å². The van der Waals surface area contributed by atoms with Crippen molar-refractivity contribution in [1.82, 2.24) is 0 Å². The molecule has 0 bridgehead atoms. The minimum atomic E-state index is 0.0437. The Morgan fingerprint density at radius 1 is 0.968 bits per heavy atom. The van der Waals surface area contributed by atoms with Crippen LogP contribution in [-0.2, 0) is 14.3 Å². The molecule has 3 nitrogen and oxygen atoms in total. The van der Waals surface area contributed by atoms with E-state index in [1.54, 1.807) is 0 Å². The smallest absolute Gasteiger partial charge is 0.306 e. The van der Waals surface area contributed by atoms with Crippen LogP contribution in [0.5, 0.6) is 0 Å². The van der Waals surface area contributed by atoms with E-state index in [9.17, 15) is 9.59 Å². The standard InChI is InChI=1S/C28H44O3/c1-3-4-5-6-7-8-9-10-27(30)31-26-16-15-25-24-13-11-20-19-21(29)12-14-22(20)23(24)17-18-28(25,26)2/h19,22-26H,3-18H2,1-2H3/t22?,23-,24?,25+,26?,28?/m1/s1. The van der Waals surface area contributed by atoms with Crippen molar-refractivity contribution >= 4 is 11.8 Å². The van der Waals surface area contributed by atoms with Gasteiger partial charge in [0.2, 0.25) is 0 Å². The van der Waals surface area contributed by atoms with Crippen LogP contribution in [-0.4, -0.2) is 17.9 Å². The third-order valence-electron chi connectivity index (χ3n) is 9.47. The molecule has 0 amide bonds. The molecule has 4 rings (SSSR count). The Kier molecular flexibility index (Phi) is 7.60. The molecule has 0 saturated heterocycles. The van der Waals surface area contributed by atoms with Gasteiger partial charge in [-0.25, -0.2) is 0 Å². The number of allylic oxidation sites excluding steroid dienone is 1. The van der Waals surface area contributed by atoms with E-state index in [4.69, 9.17) is 4.74 Å². The molecular formula is C28H44O3. The normalized spacial score (nSPS) is 36.9. The van der Waals surface area contributed by atoms with E-state index in [2.05, 4.69) is 13.8 Å². The number of carbonyl (C=O) groups is 2. The van der Waals surface area contributed by atoms with Crippen molar-refractivity contribution in [3.8, 4) is 0 Å². The maximum atomic E-state index is 12.6. The molecule has 4 unspecified atom stereocenters. The van der Waals surface area contributed by atoms with E-state index in [-0.39, 0.29) is 17.5 Å². The second-order valence-electron chi connectivity index (χ2n) is 11.3. The SMILES string of the molecule is CCCCCCCCCC(=O)OC1CC[C@H]2C3CCC4=CC(=O)CCC4[C@H]3CCC12C. The fourth-order valence-corrected chi connectivity index (χ4v) is 7.77. The number of hydrogen-bond acceptors (Lipinski definition) is 3. The molecule has 6 atom stereocenters. The quantitative estimate of drug-likeness (QED) is 0.288. The maximum Gasteiger partial charge on any atom is 0.306 e. The van der Waals surface area contributed by atoms with Crippen molar-refractivity contribution in [3.63, 3.8) is 0 Å². The van der Waals surface area contributed by atoms with Crippen LogP contribution >= 0.6 is 0 Å². The first-order valence-corrected chi connectivity index (χ1v) is 13.5. The average molecular weight is 429 g/mol. The number of carbonyl (C=O) groups excluding carboxylic acids is 2. The van der Waals surface area contributed by atoms with Gasteiger partial charge in [0.25, 0.3) is 0 Å². The Bertz CT molecular complexity index is 680. The van der Waals surface area contributed by atoms with Gasteiger partial charge >= 0.3 is 5.97 Å². The molecule has 4 aliphatic rings. The number of esters is 1. The zero-order chi connectivity index (χ0) is 21.8. The van der Waals surface area contributed by atoms with Gasteiger partial charge in [0.1, 0.15) is 6.10 Å². The van der Waals surface area contributed by atoms with Gasteiger partial charge in [0.15, 0.2) is 5.78 Å². The lowest BCUT2D eigenvalue weighted by molar-refractivity contribution is -0.159. The molecule has 3 heteroatoms. The van der Waals surface area contributed by atoms with E-state index in [0.29, 0.717) is 24.0 Å². The first-order valence-electron chi connectivity index (χ1n) is 13.5. The lowest BCUT2D eigenvalue weighted by Crippen LogP contribution is -2.48.